The topological polar surface area (TPSA) is 81.8 Å². The summed E-state index contributed by atoms with van der Waals surface area (Å²) in [4.78, 5) is 41.3. The number of hydrogen-bond donors (Lipinski definition) is 2. The van der Waals surface area contributed by atoms with Crippen molar-refractivity contribution in [3.05, 3.63) is 94.5 Å². The summed E-state index contributed by atoms with van der Waals surface area (Å²) in [6.45, 7) is 3.46. The Kier molecular flexibility index (Phi) is 7.67. The molecule has 180 valence electrons. The van der Waals surface area contributed by atoms with Gasteiger partial charge < -0.3 is 20.4 Å². The van der Waals surface area contributed by atoms with Gasteiger partial charge in [0.15, 0.2) is 0 Å². The lowest BCUT2D eigenvalue weighted by Gasteiger charge is -2.35. The van der Waals surface area contributed by atoms with E-state index >= 15 is 0 Å². The number of amides is 3. The number of benzene rings is 3. The number of nitrogens with zero attached hydrogens (tertiary/aromatic N) is 2. The second-order valence-electron chi connectivity index (χ2n) is 8.41. The van der Waals surface area contributed by atoms with Gasteiger partial charge in [-0.2, -0.15) is 0 Å². The van der Waals surface area contributed by atoms with Crippen molar-refractivity contribution in [2.24, 2.45) is 0 Å². The molecule has 3 aromatic rings. The molecule has 8 heteroatoms. The van der Waals surface area contributed by atoms with Crippen molar-refractivity contribution in [3.8, 4) is 0 Å². The van der Waals surface area contributed by atoms with Gasteiger partial charge in [-0.15, -0.1) is 0 Å². The minimum absolute atomic E-state index is 0.0967. The van der Waals surface area contributed by atoms with Crippen molar-refractivity contribution in [1.29, 1.82) is 0 Å². The summed E-state index contributed by atoms with van der Waals surface area (Å²) in [5.41, 5.74) is 3.73. The van der Waals surface area contributed by atoms with E-state index in [2.05, 4.69) is 10.6 Å². The SMILES string of the molecule is Cc1ccc(Cl)c(C(=O)N2CCN(C(=O)CNC(=O)c3ccc(Nc4ccccc4)cc3)CC2)c1. The number of piperazine rings is 1. The highest BCUT2D eigenvalue weighted by Gasteiger charge is 2.26. The first-order valence-electron chi connectivity index (χ1n) is 11.4. The maximum absolute atomic E-state index is 12.8. The Morgan fingerprint density at radius 1 is 0.829 bits per heavy atom. The molecule has 3 amide bonds. The molecule has 1 aliphatic rings. The Morgan fingerprint density at radius 2 is 1.46 bits per heavy atom. The van der Waals surface area contributed by atoms with Crippen LogP contribution in [0.2, 0.25) is 5.02 Å². The van der Waals surface area contributed by atoms with Crippen LogP contribution in [0, 0.1) is 6.92 Å². The number of nitrogens with one attached hydrogen (secondary N) is 2. The van der Waals surface area contributed by atoms with Gasteiger partial charge in [-0.05, 0) is 55.5 Å². The molecule has 3 aromatic carbocycles. The van der Waals surface area contributed by atoms with E-state index in [0.717, 1.165) is 16.9 Å². The first-order valence-corrected chi connectivity index (χ1v) is 11.8. The third-order valence-electron chi connectivity index (χ3n) is 5.88. The van der Waals surface area contributed by atoms with Crippen LogP contribution in [0.3, 0.4) is 0 Å². The van der Waals surface area contributed by atoms with Gasteiger partial charge in [-0.25, -0.2) is 0 Å². The molecule has 2 N–H and O–H groups in total. The maximum atomic E-state index is 12.8. The zero-order valence-corrected chi connectivity index (χ0v) is 20.2. The van der Waals surface area contributed by atoms with E-state index in [1.807, 2.05) is 55.5 Å². The Morgan fingerprint density at radius 3 is 2.14 bits per heavy atom. The third kappa shape index (κ3) is 6.19. The highest BCUT2D eigenvalue weighted by Crippen LogP contribution is 2.20. The Balaban J connectivity index is 1.24. The smallest absolute Gasteiger partial charge is 0.255 e. The Hall–Kier alpha value is -3.84. The molecule has 0 radical (unpaired) electrons. The van der Waals surface area contributed by atoms with E-state index in [0.29, 0.717) is 42.3 Å². The summed E-state index contributed by atoms with van der Waals surface area (Å²) in [5.74, 6) is -0.627. The molecule has 35 heavy (non-hydrogen) atoms. The second-order valence-corrected chi connectivity index (χ2v) is 8.81. The summed E-state index contributed by atoms with van der Waals surface area (Å²) >= 11 is 6.20. The molecular formula is C27H27ClN4O3. The van der Waals surface area contributed by atoms with E-state index < -0.39 is 0 Å². The molecule has 0 aliphatic carbocycles. The van der Waals surface area contributed by atoms with Crippen molar-refractivity contribution in [2.75, 3.05) is 38.0 Å². The van der Waals surface area contributed by atoms with Gasteiger partial charge in [-0.3, -0.25) is 14.4 Å². The van der Waals surface area contributed by atoms with E-state index in [9.17, 15) is 14.4 Å². The van der Waals surface area contributed by atoms with Gasteiger partial charge >= 0.3 is 0 Å². The predicted molar refractivity (Wildman–Crippen MR) is 137 cm³/mol. The molecule has 0 atom stereocenters. The van der Waals surface area contributed by atoms with Crippen LogP contribution >= 0.6 is 11.6 Å². The van der Waals surface area contributed by atoms with E-state index in [1.165, 1.54) is 0 Å². The minimum Gasteiger partial charge on any atom is -0.356 e. The van der Waals surface area contributed by atoms with Crippen molar-refractivity contribution in [3.63, 3.8) is 0 Å². The van der Waals surface area contributed by atoms with Gasteiger partial charge in [-0.1, -0.05) is 41.4 Å². The summed E-state index contributed by atoms with van der Waals surface area (Å²) in [6.07, 6.45) is 0. The molecule has 1 saturated heterocycles. The largest absolute Gasteiger partial charge is 0.356 e. The van der Waals surface area contributed by atoms with E-state index in [-0.39, 0.29) is 24.3 Å². The van der Waals surface area contributed by atoms with Crippen LogP contribution in [-0.2, 0) is 4.79 Å². The van der Waals surface area contributed by atoms with Crippen LogP contribution in [0.15, 0.2) is 72.8 Å². The first kappa shape index (κ1) is 24.3. The van der Waals surface area contributed by atoms with Crippen LogP contribution in [0.1, 0.15) is 26.3 Å². The van der Waals surface area contributed by atoms with Crippen molar-refractivity contribution in [1.82, 2.24) is 15.1 Å². The number of carbonyl (C=O) groups is 3. The molecule has 0 spiro atoms. The molecule has 0 unspecified atom stereocenters. The highest BCUT2D eigenvalue weighted by atomic mass is 35.5. The molecule has 1 heterocycles. The van der Waals surface area contributed by atoms with Gasteiger partial charge in [0.1, 0.15) is 0 Å². The molecular weight excluding hydrogens is 464 g/mol. The lowest BCUT2D eigenvalue weighted by atomic mass is 10.1. The van der Waals surface area contributed by atoms with Crippen molar-refractivity contribution in [2.45, 2.75) is 6.92 Å². The summed E-state index contributed by atoms with van der Waals surface area (Å²) < 4.78 is 0. The highest BCUT2D eigenvalue weighted by molar-refractivity contribution is 6.33. The predicted octanol–water partition coefficient (Wildman–Crippen LogP) is 4.11. The number of hydrogen-bond acceptors (Lipinski definition) is 4. The molecule has 0 aromatic heterocycles. The number of rotatable bonds is 6. The number of carbonyl (C=O) groups excluding carboxylic acids is 3. The quantitative estimate of drug-likeness (QED) is 0.545. The van der Waals surface area contributed by atoms with Crippen LogP contribution in [0.5, 0.6) is 0 Å². The summed E-state index contributed by atoms with van der Waals surface area (Å²) in [5, 5.41) is 6.38. The number of halogens is 1. The van der Waals surface area contributed by atoms with Gasteiger partial charge in [0.25, 0.3) is 11.8 Å². The lowest BCUT2D eigenvalue weighted by Crippen LogP contribution is -2.52. The molecule has 1 aliphatic heterocycles. The first-order chi connectivity index (χ1) is 16.9. The third-order valence-corrected chi connectivity index (χ3v) is 6.21. The normalized spacial score (nSPS) is 13.3. The Labute approximate surface area is 209 Å². The average molecular weight is 491 g/mol. The zero-order valence-electron chi connectivity index (χ0n) is 19.5. The average Bonchev–Trinajstić information content (AvgIpc) is 2.89. The number of anilines is 2. The Bertz CT molecular complexity index is 1210. The molecule has 0 saturated carbocycles. The standard InChI is InChI=1S/C27H27ClN4O3/c1-19-7-12-24(28)23(17-19)27(35)32-15-13-31(14-16-32)25(33)18-29-26(34)20-8-10-22(11-9-20)30-21-5-3-2-4-6-21/h2-12,17,30H,13-16,18H2,1H3,(H,29,34). The fourth-order valence-electron chi connectivity index (χ4n) is 3.90. The maximum Gasteiger partial charge on any atom is 0.255 e. The molecule has 4 rings (SSSR count). The van der Waals surface area contributed by atoms with E-state index in [4.69, 9.17) is 11.6 Å². The monoisotopic (exact) mass is 490 g/mol. The van der Waals surface area contributed by atoms with Crippen LogP contribution in [-0.4, -0.2) is 60.2 Å². The zero-order chi connectivity index (χ0) is 24.8. The van der Waals surface area contributed by atoms with Gasteiger partial charge in [0.05, 0.1) is 17.1 Å². The van der Waals surface area contributed by atoms with Crippen LogP contribution in [0.25, 0.3) is 0 Å². The van der Waals surface area contributed by atoms with Crippen LogP contribution < -0.4 is 10.6 Å². The van der Waals surface area contributed by atoms with Crippen molar-refractivity contribution < 1.29 is 14.4 Å². The summed E-state index contributed by atoms with van der Waals surface area (Å²) in [6, 6.07) is 22.2. The molecule has 0 bridgehead atoms. The van der Waals surface area contributed by atoms with Gasteiger partial charge in [0.2, 0.25) is 5.91 Å². The van der Waals surface area contributed by atoms with Crippen LogP contribution in [0.4, 0.5) is 11.4 Å². The molecule has 1 fully saturated rings. The number of aryl methyl sites for hydroxylation is 1. The number of para-hydroxylation sites is 1. The lowest BCUT2D eigenvalue weighted by molar-refractivity contribution is -0.131. The van der Waals surface area contributed by atoms with Crippen molar-refractivity contribution >= 4 is 40.7 Å². The van der Waals surface area contributed by atoms with E-state index in [1.54, 1.807) is 34.1 Å². The summed E-state index contributed by atoms with van der Waals surface area (Å²) in [7, 11) is 0. The second kappa shape index (κ2) is 11.1. The fourth-order valence-corrected chi connectivity index (χ4v) is 4.09. The minimum atomic E-state index is -0.312. The van der Waals surface area contributed by atoms with Gasteiger partial charge in [0, 0.05) is 43.1 Å². The fraction of sp³-hybridized carbons (Fsp3) is 0.222. The molecule has 7 nitrogen and oxygen atoms in total.